The Bertz CT molecular complexity index is 2000. The zero-order valence-corrected chi connectivity index (χ0v) is 23.0. The Balaban J connectivity index is 1.39. The third-order valence-electron chi connectivity index (χ3n) is 6.39. The van der Waals surface area contributed by atoms with Gasteiger partial charge in [0.25, 0.3) is 5.56 Å². The van der Waals surface area contributed by atoms with Gasteiger partial charge in [0.15, 0.2) is 11.5 Å². The van der Waals surface area contributed by atoms with Crippen molar-refractivity contribution in [1.82, 2.24) is 9.66 Å². The summed E-state index contributed by atoms with van der Waals surface area (Å²) in [5, 5.41) is 5.96. The van der Waals surface area contributed by atoms with Gasteiger partial charge in [0, 0.05) is 5.56 Å². The minimum Gasteiger partial charge on any atom is -0.496 e. The molecular weight excluding hydrogens is 568 g/mol. The van der Waals surface area contributed by atoms with Crippen LogP contribution >= 0.6 is 23.2 Å². The van der Waals surface area contributed by atoms with E-state index in [0.29, 0.717) is 39.1 Å². The smallest absolute Gasteiger partial charge is 0.282 e. The Morgan fingerprint density at radius 2 is 1.73 bits per heavy atom. The second kappa shape index (κ2) is 11.1. The lowest BCUT2D eigenvalue weighted by Crippen LogP contribution is -2.20. The average molecular weight is 588 g/mol. The Kier molecular flexibility index (Phi) is 7.17. The molecular formula is C31H20Cl2FN3O4. The van der Waals surface area contributed by atoms with Gasteiger partial charge in [-0.1, -0.05) is 59.6 Å². The third kappa shape index (κ3) is 5.15. The number of nitrogens with zero attached hydrogens (tertiary/aromatic N) is 3. The van der Waals surface area contributed by atoms with Crippen molar-refractivity contribution >= 4 is 51.3 Å². The van der Waals surface area contributed by atoms with Crippen LogP contribution < -0.4 is 15.0 Å². The van der Waals surface area contributed by atoms with Gasteiger partial charge in [0.2, 0.25) is 5.82 Å². The van der Waals surface area contributed by atoms with Crippen LogP contribution in [0.4, 0.5) is 4.39 Å². The summed E-state index contributed by atoms with van der Waals surface area (Å²) in [7, 11) is 1.57. The number of rotatable bonds is 7. The molecule has 2 heterocycles. The molecule has 0 unspecified atom stereocenters. The molecule has 0 saturated carbocycles. The number of hydrogen-bond acceptors (Lipinski definition) is 6. The second-order valence-electron chi connectivity index (χ2n) is 8.99. The van der Waals surface area contributed by atoms with Crippen molar-refractivity contribution in [3.63, 3.8) is 0 Å². The van der Waals surface area contributed by atoms with E-state index in [2.05, 4.69) is 5.10 Å². The van der Waals surface area contributed by atoms with Crippen LogP contribution in [0.3, 0.4) is 0 Å². The molecule has 0 spiro atoms. The third-order valence-corrected chi connectivity index (χ3v) is 6.95. The van der Waals surface area contributed by atoms with Crippen LogP contribution in [0.2, 0.25) is 10.0 Å². The maximum Gasteiger partial charge on any atom is 0.282 e. The largest absolute Gasteiger partial charge is 0.496 e. The average Bonchev–Trinajstić information content (AvgIpc) is 3.41. The SMILES string of the molecule is COc1cccc2oc(-c3nc4ccccc4c(=O)n3N=Cc3cc(Cl)c(OCc4ccccc4F)c(Cl)c3)cc12. The highest BCUT2D eigenvalue weighted by atomic mass is 35.5. The number of hydrogen-bond donors (Lipinski definition) is 0. The Morgan fingerprint density at radius 3 is 2.51 bits per heavy atom. The molecule has 2 aromatic heterocycles. The fourth-order valence-corrected chi connectivity index (χ4v) is 5.01. The summed E-state index contributed by atoms with van der Waals surface area (Å²) < 4.78 is 32.4. The zero-order chi connectivity index (χ0) is 28.5. The first kappa shape index (κ1) is 26.6. The van der Waals surface area contributed by atoms with E-state index in [9.17, 15) is 9.18 Å². The van der Waals surface area contributed by atoms with Gasteiger partial charge in [0.1, 0.15) is 23.8 Å². The molecule has 10 heteroatoms. The first-order valence-electron chi connectivity index (χ1n) is 12.4. The molecule has 0 bridgehead atoms. The van der Waals surface area contributed by atoms with E-state index in [1.54, 1.807) is 73.8 Å². The molecule has 0 amide bonds. The predicted octanol–water partition coefficient (Wildman–Crippen LogP) is 7.73. The van der Waals surface area contributed by atoms with Gasteiger partial charge in [0.05, 0.1) is 39.7 Å². The van der Waals surface area contributed by atoms with Crippen LogP contribution in [0, 0.1) is 5.82 Å². The number of methoxy groups -OCH3 is 1. The molecule has 6 aromatic rings. The van der Waals surface area contributed by atoms with Crippen LogP contribution in [0.25, 0.3) is 33.5 Å². The van der Waals surface area contributed by atoms with E-state index in [1.807, 2.05) is 12.1 Å². The van der Waals surface area contributed by atoms with Crippen LogP contribution in [0.1, 0.15) is 11.1 Å². The molecule has 7 nitrogen and oxygen atoms in total. The van der Waals surface area contributed by atoms with Crippen molar-refractivity contribution in [3.8, 4) is 23.1 Å². The summed E-state index contributed by atoms with van der Waals surface area (Å²) in [5.41, 5.74) is 1.53. The van der Waals surface area contributed by atoms with E-state index < -0.39 is 11.4 Å². The number of halogens is 3. The maximum absolute atomic E-state index is 14.0. The molecule has 0 aliphatic rings. The van der Waals surface area contributed by atoms with Crippen LogP contribution in [-0.2, 0) is 6.61 Å². The summed E-state index contributed by atoms with van der Waals surface area (Å²) in [5.74, 6) is 0.965. The van der Waals surface area contributed by atoms with Crippen molar-refractivity contribution in [2.75, 3.05) is 7.11 Å². The molecule has 0 saturated heterocycles. The summed E-state index contributed by atoms with van der Waals surface area (Å²) in [6.07, 6.45) is 1.43. The monoisotopic (exact) mass is 587 g/mol. The van der Waals surface area contributed by atoms with E-state index in [1.165, 1.54) is 12.3 Å². The molecule has 0 fully saturated rings. The number of benzene rings is 4. The van der Waals surface area contributed by atoms with E-state index in [-0.39, 0.29) is 28.2 Å². The molecule has 0 aliphatic heterocycles. The highest BCUT2D eigenvalue weighted by Crippen LogP contribution is 2.35. The summed E-state index contributed by atoms with van der Waals surface area (Å²) in [6, 6.07) is 23.6. The van der Waals surface area contributed by atoms with Crippen molar-refractivity contribution < 1.29 is 18.3 Å². The predicted molar refractivity (Wildman–Crippen MR) is 158 cm³/mol. The van der Waals surface area contributed by atoms with E-state index >= 15 is 0 Å². The molecule has 0 radical (unpaired) electrons. The van der Waals surface area contributed by atoms with Crippen molar-refractivity contribution in [2.24, 2.45) is 5.10 Å². The first-order valence-corrected chi connectivity index (χ1v) is 13.2. The fraction of sp³-hybridized carbons (Fsp3) is 0.0645. The molecule has 204 valence electrons. The molecule has 6 rings (SSSR count). The van der Waals surface area contributed by atoms with Crippen molar-refractivity contribution in [1.29, 1.82) is 0 Å². The van der Waals surface area contributed by atoms with Crippen molar-refractivity contribution in [3.05, 3.63) is 122 Å². The molecule has 0 atom stereocenters. The Morgan fingerprint density at radius 1 is 0.976 bits per heavy atom. The number of aromatic nitrogens is 2. The normalized spacial score (nSPS) is 11.5. The minimum absolute atomic E-state index is 0.0522. The molecule has 4 aromatic carbocycles. The van der Waals surface area contributed by atoms with Crippen molar-refractivity contribution in [2.45, 2.75) is 6.61 Å². The van der Waals surface area contributed by atoms with Crippen LogP contribution in [0.5, 0.6) is 11.5 Å². The number of para-hydroxylation sites is 1. The second-order valence-corrected chi connectivity index (χ2v) is 9.80. The van der Waals surface area contributed by atoms with Gasteiger partial charge in [-0.15, -0.1) is 0 Å². The van der Waals surface area contributed by atoms with Gasteiger partial charge in [-0.3, -0.25) is 4.79 Å². The molecule has 41 heavy (non-hydrogen) atoms. The number of ether oxygens (including phenoxy) is 2. The summed E-state index contributed by atoms with van der Waals surface area (Å²) in [4.78, 5) is 18.2. The fourth-order valence-electron chi connectivity index (χ4n) is 4.39. The summed E-state index contributed by atoms with van der Waals surface area (Å²) >= 11 is 12.9. The van der Waals surface area contributed by atoms with Gasteiger partial charge in [-0.2, -0.15) is 9.78 Å². The lowest BCUT2D eigenvalue weighted by Gasteiger charge is -2.11. The summed E-state index contributed by atoms with van der Waals surface area (Å²) in [6.45, 7) is -0.0522. The van der Waals surface area contributed by atoms with E-state index in [0.717, 1.165) is 10.1 Å². The Hall–Kier alpha value is -4.66. The number of fused-ring (bicyclic) bond motifs is 2. The minimum atomic E-state index is -0.392. The maximum atomic E-state index is 14.0. The van der Waals surface area contributed by atoms with Crippen LogP contribution in [0.15, 0.2) is 99.2 Å². The van der Waals surface area contributed by atoms with Crippen LogP contribution in [-0.4, -0.2) is 23.0 Å². The number of furan rings is 1. The zero-order valence-electron chi connectivity index (χ0n) is 21.5. The highest BCUT2D eigenvalue weighted by Gasteiger charge is 2.18. The van der Waals surface area contributed by atoms with Gasteiger partial charge in [-0.05, 0) is 54.1 Å². The first-order chi connectivity index (χ1) is 19.9. The molecule has 0 aliphatic carbocycles. The topological polar surface area (TPSA) is 78.9 Å². The molecule has 0 N–H and O–H groups in total. The highest BCUT2D eigenvalue weighted by molar-refractivity contribution is 6.37. The lowest BCUT2D eigenvalue weighted by atomic mass is 10.2. The van der Waals surface area contributed by atoms with Gasteiger partial charge in [-0.25, -0.2) is 9.37 Å². The quantitative estimate of drug-likeness (QED) is 0.179. The lowest BCUT2D eigenvalue weighted by molar-refractivity contribution is 0.300. The standard InChI is InChI=1S/C31H20Cl2FN3O4/c1-39-26-11-6-12-27-21(26)15-28(41-27)30-36-25-10-5-3-8-20(25)31(38)37(30)35-16-18-13-22(32)29(23(33)14-18)40-17-19-7-2-4-9-24(19)34/h2-16H,17H2,1H3. The van der Waals surface area contributed by atoms with E-state index in [4.69, 9.17) is 42.1 Å². The Labute approximate surface area is 243 Å². The van der Waals surface area contributed by atoms with Gasteiger partial charge >= 0.3 is 0 Å². The van der Waals surface area contributed by atoms with Gasteiger partial charge < -0.3 is 13.9 Å².